The summed E-state index contributed by atoms with van der Waals surface area (Å²) >= 11 is 0. The zero-order chi connectivity index (χ0) is 36.4. The van der Waals surface area contributed by atoms with Gasteiger partial charge in [0.1, 0.15) is 11.5 Å². The van der Waals surface area contributed by atoms with Gasteiger partial charge in [0.2, 0.25) is 0 Å². The van der Waals surface area contributed by atoms with Crippen molar-refractivity contribution < 1.29 is 35.0 Å². The summed E-state index contributed by atoms with van der Waals surface area (Å²) in [5.74, 6) is 3.60. The molecule has 2 nitrogen and oxygen atoms in total. The minimum atomic E-state index is 0. The third-order valence-electron chi connectivity index (χ3n) is 10.1. The Bertz CT molecular complexity index is 2610. The van der Waals surface area contributed by atoms with Gasteiger partial charge in [-0.25, -0.2) is 0 Å². The van der Waals surface area contributed by atoms with Crippen LogP contribution in [-0.2, 0) is 26.2 Å². The molecule has 0 saturated carbocycles. The number of fused-ring (bicyclic) bond motifs is 2. The molecule has 0 fully saturated rings. The molecule has 10 rings (SSSR count). The fourth-order valence-corrected chi connectivity index (χ4v) is 7.22. The molecule has 0 aliphatic rings. The quantitative estimate of drug-likeness (QED) is 0.157. The van der Waals surface area contributed by atoms with Crippen molar-refractivity contribution in [1.82, 2.24) is 0 Å². The summed E-state index contributed by atoms with van der Waals surface area (Å²) in [4.78, 5) is 0. The molecule has 0 radical (unpaired) electrons. The molecule has 0 atom stereocenters. The van der Waals surface area contributed by atoms with Crippen LogP contribution in [0.4, 0.5) is 0 Å². The van der Waals surface area contributed by atoms with Gasteiger partial charge in [0, 0.05) is 11.1 Å². The Hall–Kier alpha value is -6.02. The maximum atomic E-state index is 6.15. The van der Waals surface area contributed by atoms with Crippen LogP contribution in [0.3, 0.4) is 0 Å². The first-order valence-corrected chi connectivity index (χ1v) is 18.4. The van der Waals surface area contributed by atoms with Gasteiger partial charge in [-0.05, 0) is 49.2 Å². The molecule has 0 spiro atoms. The Balaban J connectivity index is 0.000000153. The van der Waals surface area contributed by atoms with E-state index in [1.807, 2.05) is 48.5 Å². The van der Waals surface area contributed by atoms with Crippen LogP contribution >= 0.6 is 0 Å². The minimum absolute atomic E-state index is 0. The van der Waals surface area contributed by atoms with Crippen molar-refractivity contribution in [1.29, 1.82) is 0 Å². The SMILES string of the molecule is Cc1ccc(-c2cccc3[cH-]c(-c4ccc(-c5ccccc5)o4)cc23)cc1.Cc1ccc(-c2cccc3[cH-]c(-c4ccc(-c5ccccc5)o4)cc23)cc1.[Zr+2]. The maximum absolute atomic E-state index is 6.15. The van der Waals surface area contributed by atoms with Crippen LogP contribution in [0, 0.1) is 13.8 Å². The number of benzene rings is 6. The largest absolute Gasteiger partial charge is 2.00 e. The molecule has 0 amide bonds. The average molecular weight is 786 g/mol. The van der Waals surface area contributed by atoms with Crippen molar-refractivity contribution in [2.45, 2.75) is 13.8 Å². The third kappa shape index (κ3) is 7.54. The van der Waals surface area contributed by atoms with Crippen molar-refractivity contribution in [3.8, 4) is 67.5 Å². The van der Waals surface area contributed by atoms with Crippen molar-refractivity contribution >= 4 is 21.5 Å². The maximum Gasteiger partial charge on any atom is 2.00 e. The summed E-state index contributed by atoms with van der Waals surface area (Å²) in [6.45, 7) is 4.23. The van der Waals surface area contributed by atoms with Gasteiger partial charge in [-0.15, -0.1) is 57.9 Å². The van der Waals surface area contributed by atoms with Gasteiger partial charge in [-0.1, -0.05) is 167 Å². The molecule has 2 heterocycles. The fraction of sp³-hybridized carbons (Fsp3) is 0.0385. The first-order valence-electron chi connectivity index (χ1n) is 18.4. The molecule has 0 aliphatic heterocycles. The summed E-state index contributed by atoms with van der Waals surface area (Å²) in [7, 11) is 0. The van der Waals surface area contributed by atoms with Crippen LogP contribution in [0.1, 0.15) is 11.1 Å². The standard InChI is InChI=1S/2C26H19O.Zr/c2*1-18-10-12-19(13-11-18)23-9-5-8-21-16-22(17-24(21)23)26-15-14-25(27-26)20-6-3-2-4-7-20;/h2*2-17H,1H3;/q2*-1;+2. The summed E-state index contributed by atoms with van der Waals surface area (Å²) < 4.78 is 12.3. The Labute approximate surface area is 341 Å². The molecule has 0 saturated heterocycles. The van der Waals surface area contributed by atoms with E-state index < -0.39 is 0 Å². The zero-order valence-corrected chi connectivity index (χ0v) is 33.2. The van der Waals surface area contributed by atoms with Crippen molar-refractivity contribution in [2.24, 2.45) is 0 Å². The molecule has 0 N–H and O–H groups in total. The zero-order valence-electron chi connectivity index (χ0n) is 30.8. The number of rotatable bonds is 6. The minimum Gasteiger partial charge on any atom is -0.491 e. The van der Waals surface area contributed by atoms with Gasteiger partial charge in [-0.2, -0.15) is 0 Å². The van der Waals surface area contributed by atoms with E-state index in [9.17, 15) is 0 Å². The van der Waals surface area contributed by atoms with Gasteiger partial charge in [0.15, 0.2) is 0 Å². The molecule has 55 heavy (non-hydrogen) atoms. The molecule has 0 unspecified atom stereocenters. The smallest absolute Gasteiger partial charge is 0.491 e. The number of aryl methyl sites for hydroxylation is 2. The summed E-state index contributed by atoms with van der Waals surface area (Å²) in [6, 6.07) is 67.9. The Morgan fingerprint density at radius 3 is 1.13 bits per heavy atom. The van der Waals surface area contributed by atoms with Crippen molar-refractivity contribution in [3.63, 3.8) is 0 Å². The molecule has 0 bridgehead atoms. The van der Waals surface area contributed by atoms with E-state index in [1.165, 1.54) is 54.9 Å². The Morgan fingerprint density at radius 2 is 0.727 bits per heavy atom. The predicted octanol–water partition coefficient (Wildman–Crippen LogP) is 14.9. The molecule has 10 aromatic rings. The van der Waals surface area contributed by atoms with Crippen LogP contribution in [0.2, 0.25) is 0 Å². The monoisotopic (exact) mass is 784 g/mol. The second-order valence-electron chi connectivity index (χ2n) is 13.9. The number of hydrogen-bond acceptors (Lipinski definition) is 2. The first kappa shape index (κ1) is 36.0. The molecular weight excluding hydrogens is 748 g/mol. The average Bonchev–Trinajstić information content (AvgIpc) is 4.05. The van der Waals surface area contributed by atoms with Gasteiger partial charge < -0.3 is 8.83 Å². The van der Waals surface area contributed by atoms with Crippen LogP contribution in [0.25, 0.3) is 89.1 Å². The van der Waals surface area contributed by atoms with E-state index in [-0.39, 0.29) is 26.2 Å². The Morgan fingerprint density at radius 1 is 0.345 bits per heavy atom. The normalized spacial score (nSPS) is 10.9. The second-order valence-corrected chi connectivity index (χ2v) is 13.9. The summed E-state index contributed by atoms with van der Waals surface area (Å²) in [6.07, 6.45) is 0. The topological polar surface area (TPSA) is 26.3 Å². The first-order chi connectivity index (χ1) is 26.6. The predicted molar refractivity (Wildman–Crippen MR) is 226 cm³/mol. The third-order valence-corrected chi connectivity index (χ3v) is 10.1. The van der Waals surface area contributed by atoms with Gasteiger partial charge >= 0.3 is 26.2 Å². The molecule has 262 valence electrons. The van der Waals surface area contributed by atoms with Crippen LogP contribution in [0.15, 0.2) is 203 Å². The van der Waals surface area contributed by atoms with Gasteiger partial charge in [0.05, 0.1) is 11.5 Å². The molecular formula is C52H38O2Zr. The molecule has 2 aromatic heterocycles. The number of hydrogen-bond donors (Lipinski definition) is 0. The van der Waals surface area contributed by atoms with E-state index in [1.54, 1.807) is 0 Å². The summed E-state index contributed by atoms with van der Waals surface area (Å²) in [5, 5.41) is 4.99. The van der Waals surface area contributed by atoms with Gasteiger partial charge in [-0.3, -0.25) is 0 Å². The molecule has 8 aromatic carbocycles. The molecule has 3 heteroatoms. The van der Waals surface area contributed by atoms with E-state index in [0.29, 0.717) is 0 Å². The summed E-state index contributed by atoms with van der Waals surface area (Å²) in [5.41, 5.74) is 12.0. The molecule has 0 aliphatic carbocycles. The second kappa shape index (κ2) is 15.8. The van der Waals surface area contributed by atoms with Crippen molar-refractivity contribution in [3.05, 3.63) is 205 Å². The van der Waals surface area contributed by atoms with Crippen LogP contribution in [-0.4, -0.2) is 0 Å². The van der Waals surface area contributed by atoms with Gasteiger partial charge in [0.25, 0.3) is 0 Å². The fourth-order valence-electron chi connectivity index (χ4n) is 7.22. The van der Waals surface area contributed by atoms with E-state index in [4.69, 9.17) is 8.83 Å². The van der Waals surface area contributed by atoms with E-state index in [2.05, 4.69) is 159 Å². The van der Waals surface area contributed by atoms with Crippen molar-refractivity contribution in [2.75, 3.05) is 0 Å². The van der Waals surface area contributed by atoms with Crippen LogP contribution in [0.5, 0.6) is 0 Å². The van der Waals surface area contributed by atoms with Crippen LogP contribution < -0.4 is 0 Å². The van der Waals surface area contributed by atoms with E-state index >= 15 is 0 Å². The Kier molecular flexibility index (Phi) is 10.3. The van der Waals surface area contributed by atoms with E-state index in [0.717, 1.165) is 45.3 Å². The number of furan rings is 2.